The SMILES string of the molecule is CC(C)(C)OC(=O)N1CCC[C@]1(Cc1ccccn1)C(=O)O. The minimum atomic E-state index is -1.28. The van der Waals surface area contributed by atoms with Crippen molar-refractivity contribution in [3.8, 4) is 0 Å². The Morgan fingerprint density at radius 1 is 1.41 bits per heavy atom. The molecule has 1 amide bonds. The number of aromatic nitrogens is 1. The highest BCUT2D eigenvalue weighted by atomic mass is 16.6. The van der Waals surface area contributed by atoms with Crippen LogP contribution in [0, 0.1) is 0 Å². The largest absolute Gasteiger partial charge is 0.479 e. The van der Waals surface area contributed by atoms with Crippen LogP contribution in [0.4, 0.5) is 4.79 Å². The molecule has 22 heavy (non-hydrogen) atoms. The standard InChI is InChI=1S/C16H22N2O4/c1-15(2,3)22-14(21)18-10-6-8-16(18,13(19)20)11-12-7-4-5-9-17-12/h4-5,7,9H,6,8,10-11H2,1-3H3,(H,19,20)/t16-/m0/s1. The lowest BCUT2D eigenvalue weighted by molar-refractivity contribution is -0.149. The first kappa shape index (κ1) is 16.3. The van der Waals surface area contributed by atoms with E-state index in [0.29, 0.717) is 25.1 Å². The third-order valence-corrected chi connectivity index (χ3v) is 3.70. The van der Waals surface area contributed by atoms with E-state index in [2.05, 4.69) is 4.98 Å². The van der Waals surface area contributed by atoms with Crippen molar-refractivity contribution >= 4 is 12.1 Å². The highest BCUT2D eigenvalue weighted by Gasteiger charge is 2.51. The topological polar surface area (TPSA) is 79.7 Å². The zero-order chi connectivity index (χ0) is 16.4. The van der Waals surface area contributed by atoms with Crippen LogP contribution in [0.25, 0.3) is 0 Å². The number of rotatable bonds is 3. The molecule has 6 heteroatoms. The molecule has 0 aliphatic carbocycles. The molecule has 0 saturated carbocycles. The van der Waals surface area contributed by atoms with Gasteiger partial charge in [-0.1, -0.05) is 6.07 Å². The van der Waals surface area contributed by atoms with Crippen LogP contribution in [-0.2, 0) is 16.0 Å². The number of amides is 1. The maximum atomic E-state index is 12.4. The van der Waals surface area contributed by atoms with Crippen molar-refractivity contribution in [2.75, 3.05) is 6.54 Å². The summed E-state index contributed by atoms with van der Waals surface area (Å²) in [7, 11) is 0. The molecule has 0 aromatic carbocycles. The number of hydrogen-bond acceptors (Lipinski definition) is 4. The molecule has 6 nitrogen and oxygen atoms in total. The van der Waals surface area contributed by atoms with E-state index in [1.54, 1.807) is 39.1 Å². The summed E-state index contributed by atoms with van der Waals surface area (Å²) in [6.45, 7) is 5.68. The number of nitrogens with zero attached hydrogens (tertiary/aromatic N) is 2. The maximum Gasteiger partial charge on any atom is 0.411 e. The lowest BCUT2D eigenvalue weighted by Crippen LogP contribution is -2.55. The summed E-state index contributed by atoms with van der Waals surface area (Å²) < 4.78 is 5.37. The van der Waals surface area contributed by atoms with Crippen LogP contribution in [0.1, 0.15) is 39.3 Å². The number of carbonyl (C=O) groups is 2. The number of carboxylic acid groups (broad SMARTS) is 1. The quantitative estimate of drug-likeness (QED) is 0.928. The van der Waals surface area contributed by atoms with Gasteiger partial charge in [0, 0.05) is 24.9 Å². The summed E-state index contributed by atoms with van der Waals surface area (Å²) >= 11 is 0. The number of aliphatic carboxylic acids is 1. The first-order chi connectivity index (χ1) is 10.2. The fourth-order valence-electron chi connectivity index (χ4n) is 2.75. The van der Waals surface area contributed by atoms with Gasteiger partial charge in [-0.25, -0.2) is 9.59 Å². The zero-order valence-electron chi connectivity index (χ0n) is 13.2. The third-order valence-electron chi connectivity index (χ3n) is 3.70. The Hall–Kier alpha value is -2.11. The van der Waals surface area contributed by atoms with Gasteiger partial charge in [0.1, 0.15) is 11.1 Å². The fourth-order valence-corrected chi connectivity index (χ4v) is 2.75. The fraction of sp³-hybridized carbons (Fsp3) is 0.562. The van der Waals surface area contributed by atoms with Gasteiger partial charge in [-0.15, -0.1) is 0 Å². The van der Waals surface area contributed by atoms with Crippen molar-refractivity contribution in [1.82, 2.24) is 9.88 Å². The average molecular weight is 306 g/mol. The number of pyridine rings is 1. The van der Waals surface area contributed by atoms with Gasteiger partial charge in [-0.05, 0) is 45.7 Å². The zero-order valence-corrected chi connectivity index (χ0v) is 13.2. The maximum absolute atomic E-state index is 12.4. The molecule has 1 aliphatic heterocycles. The molecule has 1 aromatic rings. The first-order valence-corrected chi connectivity index (χ1v) is 7.38. The van der Waals surface area contributed by atoms with E-state index in [1.165, 1.54) is 4.90 Å². The van der Waals surface area contributed by atoms with Crippen LogP contribution >= 0.6 is 0 Å². The van der Waals surface area contributed by atoms with Crippen molar-refractivity contribution in [2.24, 2.45) is 0 Å². The first-order valence-electron chi connectivity index (χ1n) is 7.38. The molecule has 1 saturated heterocycles. The molecule has 1 N–H and O–H groups in total. The van der Waals surface area contributed by atoms with Crippen molar-refractivity contribution in [1.29, 1.82) is 0 Å². The molecular formula is C16H22N2O4. The lowest BCUT2D eigenvalue weighted by atomic mass is 9.90. The Bertz CT molecular complexity index is 553. The molecule has 0 radical (unpaired) electrons. The molecule has 120 valence electrons. The number of hydrogen-bond donors (Lipinski definition) is 1. The number of ether oxygens (including phenoxy) is 1. The molecule has 0 unspecified atom stereocenters. The van der Waals surface area contributed by atoms with Gasteiger partial charge in [0.15, 0.2) is 0 Å². The third kappa shape index (κ3) is 3.37. The number of carbonyl (C=O) groups excluding carboxylic acids is 1. The smallest absolute Gasteiger partial charge is 0.411 e. The van der Waals surface area contributed by atoms with Crippen LogP contribution in [-0.4, -0.2) is 44.7 Å². The molecular weight excluding hydrogens is 284 g/mol. The molecule has 2 heterocycles. The monoisotopic (exact) mass is 306 g/mol. The normalized spacial score (nSPS) is 21.7. The van der Waals surface area contributed by atoms with E-state index in [9.17, 15) is 14.7 Å². The van der Waals surface area contributed by atoms with Gasteiger partial charge < -0.3 is 9.84 Å². The second kappa shape index (κ2) is 5.94. The Labute approximate surface area is 130 Å². The van der Waals surface area contributed by atoms with Crippen molar-refractivity contribution in [2.45, 2.75) is 51.2 Å². The molecule has 2 rings (SSSR count). The minimum Gasteiger partial charge on any atom is -0.479 e. The highest BCUT2D eigenvalue weighted by molar-refractivity contribution is 5.85. The van der Waals surface area contributed by atoms with Gasteiger partial charge in [0.25, 0.3) is 0 Å². The number of likely N-dealkylation sites (tertiary alicyclic amines) is 1. The summed E-state index contributed by atoms with van der Waals surface area (Å²) in [6, 6.07) is 5.36. The van der Waals surface area contributed by atoms with Gasteiger partial charge in [-0.2, -0.15) is 0 Å². The van der Waals surface area contributed by atoms with E-state index >= 15 is 0 Å². The summed E-state index contributed by atoms with van der Waals surface area (Å²) in [4.78, 5) is 29.9. The van der Waals surface area contributed by atoms with Crippen LogP contribution in [0.5, 0.6) is 0 Å². The lowest BCUT2D eigenvalue weighted by Gasteiger charge is -2.35. The van der Waals surface area contributed by atoms with Crippen LogP contribution < -0.4 is 0 Å². The van der Waals surface area contributed by atoms with Crippen molar-refractivity contribution in [3.63, 3.8) is 0 Å². The molecule has 1 fully saturated rings. The van der Waals surface area contributed by atoms with E-state index in [-0.39, 0.29) is 6.42 Å². The summed E-state index contributed by atoms with van der Waals surface area (Å²) in [5.74, 6) is -1.01. The Morgan fingerprint density at radius 3 is 2.68 bits per heavy atom. The van der Waals surface area contributed by atoms with Gasteiger partial charge in [-0.3, -0.25) is 9.88 Å². The molecule has 1 aromatic heterocycles. The molecule has 0 spiro atoms. The molecule has 1 atom stereocenters. The number of carboxylic acids is 1. The molecule has 0 bridgehead atoms. The summed E-state index contributed by atoms with van der Waals surface area (Å²) in [5, 5.41) is 9.77. The van der Waals surface area contributed by atoms with Crippen molar-refractivity contribution in [3.05, 3.63) is 30.1 Å². The predicted octanol–water partition coefficient (Wildman–Crippen LogP) is 2.48. The second-order valence-corrected chi connectivity index (χ2v) is 6.57. The minimum absolute atomic E-state index is 0.183. The predicted molar refractivity (Wildman–Crippen MR) is 80.5 cm³/mol. The van der Waals surface area contributed by atoms with Crippen LogP contribution in [0.2, 0.25) is 0 Å². The van der Waals surface area contributed by atoms with E-state index in [1.807, 2.05) is 6.07 Å². The Balaban J connectivity index is 2.28. The molecule has 1 aliphatic rings. The van der Waals surface area contributed by atoms with Gasteiger partial charge >= 0.3 is 12.1 Å². The van der Waals surface area contributed by atoms with Gasteiger partial charge in [0.2, 0.25) is 0 Å². The van der Waals surface area contributed by atoms with Crippen molar-refractivity contribution < 1.29 is 19.4 Å². The van der Waals surface area contributed by atoms with Gasteiger partial charge in [0.05, 0.1) is 0 Å². The highest BCUT2D eigenvalue weighted by Crippen LogP contribution is 2.34. The van der Waals surface area contributed by atoms with E-state index in [4.69, 9.17) is 4.74 Å². The van der Waals surface area contributed by atoms with E-state index in [0.717, 1.165) is 0 Å². The second-order valence-electron chi connectivity index (χ2n) is 6.57. The van der Waals surface area contributed by atoms with E-state index < -0.39 is 23.2 Å². The van der Waals surface area contributed by atoms with Crippen LogP contribution in [0.3, 0.4) is 0 Å². The Kier molecular flexibility index (Phi) is 4.39. The van der Waals surface area contributed by atoms with Crippen LogP contribution in [0.15, 0.2) is 24.4 Å². The summed E-state index contributed by atoms with van der Waals surface area (Å²) in [5.41, 5.74) is -1.29. The summed E-state index contributed by atoms with van der Waals surface area (Å²) in [6.07, 6.45) is 2.26. The average Bonchev–Trinajstić information content (AvgIpc) is 2.83. The Morgan fingerprint density at radius 2 is 2.14 bits per heavy atom.